The second-order valence-electron chi connectivity index (χ2n) is 17.5. The lowest BCUT2D eigenvalue weighted by atomic mass is 9.58. The van der Waals surface area contributed by atoms with Gasteiger partial charge in [-0.3, -0.25) is 14.5 Å². The SMILES string of the molecule is C/C(=C\c1ccc(O)c2ccccc12)CC[C@H]1OB(O)C[C@H]2C1=C(CO[Si](c1ccccc1)(c1ccccc1)C(C)(C)C)C[C@H]1C(=O)N(c3cccc(B(O)O)c3)C(=O)[C@H]12. The van der Waals surface area contributed by atoms with Gasteiger partial charge in [0.25, 0.3) is 8.32 Å². The van der Waals surface area contributed by atoms with Crippen molar-refractivity contribution in [2.45, 2.75) is 64.4 Å². The lowest BCUT2D eigenvalue weighted by molar-refractivity contribution is -0.122. The van der Waals surface area contributed by atoms with E-state index in [4.69, 9.17) is 9.08 Å². The number of carbonyl (C=O) groups is 2. The molecule has 0 radical (unpaired) electrons. The molecule has 0 saturated carbocycles. The van der Waals surface area contributed by atoms with Gasteiger partial charge in [-0.2, -0.15) is 0 Å². The molecule has 1 aliphatic carbocycles. The summed E-state index contributed by atoms with van der Waals surface area (Å²) in [5, 5.41) is 45.4. The molecule has 0 aromatic heterocycles. The van der Waals surface area contributed by atoms with E-state index in [9.17, 15) is 29.8 Å². The van der Waals surface area contributed by atoms with Crippen LogP contribution in [0.5, 0.6) is 5.75 Å². The molecule has 8 rings (SSSR count). The molecule has 2 heterocycles. The number of benzene rings is 5. The van der Waals surface area contributed by atoms with Gasteiger partial charge in [-0.25, -0.2) is 0 Å². The van der Waals surface area contributed by atoms with Crippen LogP contribution in [0.25, 0.3) is 16.8 Å². The number of nitrogens with zero attached hydrogens (tertiary/aromatic N) is 1. The minimum atomic E-state index is -3.04. The van der Waals surface area contributed by atoms with Crippen molar-refractivity contribution >= 4 is 72.7 Å². The van der Waals surface area contributed by atoms with E-state index in [1.54, 1.807) is 18.2 Å². The fourth-order valence-corrected chi connectivity index (χ4v) is 14.6. The summed E-state index contributed by atoms with van der Waals surface area (Å²) in [4.78, 5) is 30.3. The van der Waals surface area contributed by atoms with E-state index in [-0.39, 0.29) is 53.1 Å². The van der Waals surface area contributed by atoms with E-state index in [1.165, 1.54) is 17.0 Å². The van der Waals surface area contributed by atoms with E-state index in [1.807, 2.05) is 66.7 Å². The van der Waals surface area contributed by atoms with E-state index < -0.39 is 46.4 Å². The van der Waals surface area contributed by atoms with Crippen molar-refractivity contribution in [3.63, 3.8) is 0 Å². The standard InChI is InChI=1S/C48H51B2NO8Si/c1-31(26-32-23-24-42(52)39-21-12-11-20-38(32)39)22-25-43-44-33(30-58-60(48(2,3)4,36-16-7-5-8-17-36)37-18-9-6-10-19-37)27-40-45(41(44)29-49(55)59-43)47(54)51(46(40)53)35-15-13-14-34(28-35)50(56)57/h5-21,23-24,26,28,40-41,43,45,52,55-57H,22,25,27,29-30H2,1-4H3/b31-26+/t40-,41+,43-,45-/m1/s1. The molecule has 5 aromatic rings. The zero-order chi connectivity index (χ0) is 42.3. The number of anilines is 1. The van der Waals surface area contributed by atoms with Gasteiger partial charge in [0.15, 0.2) is 0 Å². The van der Waals surface area contributed by atoms with Gasteiger partial charge in [-0.1, -0.05) is 136 Å². The fraction of sp³-hybridized carbons (Fsp3) is 0.292. The highest BCUT2D eigenvalue weighted by atomic mass is 28.4. The number of hydrogen-bond donors (Lipinski definition) is 4. The van der Waals surface area contributed by atoms with Crippen molar-refractivity contribution in [1.82, 2.24) is 0 Å². The van der Waals surface area contributed by atoms with Gasteiger partial charge in [0.2, 0.25) is 11.8 Å². The average molecular weight is 820 g/mol. The molecule has 0 spiro atoms. The number of phenolic OH excluding ortho intramolecular Hbond substituents is 1. The highest BCUT2D eigenvalue weighted by Crippen LogP contribution is 2.52. The fourth-order valence-electron chi connectivity index (χ4n) is 10.1. The number of carbonyl (C=O) groups excluding carboxylic acids is 2. The molecular formula is C48H51B2NO8Si. The first kappa shape index (κ1) is 41.7. The van der Waals surface area contributed by atoms with Gasteiger partial charge in [-0.15, -0.1) is 0 Å². The molecule has 5 aromatic carbocycles. The Morgan fingerprint density at radius 2 is 1.52 bits per heavy atom. The first-order chi connectivity index (χ1) is 28.8. The van der Waals surface area contributed by atoms with Crippen LogP contribution in [0.2, 0.25) is 11.4 Å². The summed E-state index contributed by atoms with van der Waals surface area (Å²) in [5.74, 6) is -2.44. The third-order valence-corrected chi connectivity index (χ3v) is 17.7. The van der Waals surface area contributed by atoms with Crippen LogP contribution >= 0.6 is 0 Å². The number of aromatic hydroxyl groups is 1. The van der Waals surface area contributed by atoms with Gasteiger partial charge in [-0.05, 0) is 99.6 Å². The van der Waals surface area contributed by atoms with Crippen molar-refractivity contribution in [1.29, 1.82) is 0 Å². The molecule has 12 heteroatoms. The Labute approximate surface area is 353 Å². The van der Waals surface area contributed by atoms with Crippen LogP contribution in [0.4, 0.5) is 5.69 Å². The predicted molar refractivity (Wildman–Crippen MR) is 241 cm³/mol. The summed E-state index contributed by atoms with van der Waals surface area (Å²) in [6.45, 7) is 8.94. The Morgan fingerprint density at radius 3 is 2.17 bits per heavy atom. The average Bonchev–Trinajstić information content (AvgIpc) is 3.49. The zero-order valence-electron chi connectivity index (χ0n) is 34.5. The van der Waals surface area contributed by atoms with Gasteiger partial charge in [0, 0.05) is 5.39 Å². The molecule has 0 bridgehead atoms. The van der Waals surface area contributed by atoms with Crippen LogP contribution in [-0.2, 0) is 18.7 Å². The van der Waals surface area contributed by atoms with E-state index >= 15 is 0 Å². The monoisotopic (exact) mass is 819 g/mol. The van der Waals surface area contributed by atoms with Crippen LogP contribution in [0.15, 0.2) is 138 Å². The lowest BCUT2D eigenvalue weighted by Gasteiger charge is -2.46. The van der Waals surface area contributed by atoms with E-state index in [0.29, 0.717) is 12.8 Å². The molecule has 0 unspecified atom stereocenters. The van der Waals surface area contributed by atoms with Crippen LogP contribution in [0.1, 0.15) is 52.5 Å². The molecular weight excluding hydrogens is 768 g/mol. The van der Waals surface area contributed by atoms with Crippen molar-refractivity contribution in [3.8, 4) is 5.75 Å². The molecule has 4 atom stereocenters. The van der Waals surface area contributed by atoms with Crippen molar-refractivity contribution in [2.75, 3.05) is 11.5 Å². The Kier molecular flexibility index (Phi) is 11.6. The number of phenols is 1. The van der Waals surface area contributed by atoms with Crippen molar-refractivity contribution in [3.05, 3.63) is 144 Å². The molecule has 9 nitrogen and oxygen atoms in total. The molecule has 2 amide bonds. The third-order valence-electron chi connectivity index (χ3n) is 12.8. The summed E-state index contributed by atoms with van der Waals surface area (Å²) in [6, 6.07) is 38.4. The van der Waals surface area contributed by atoms with Gasteiger partial charge in [0.05, 0.1) is 30.2 Å². The smallest absolute Gasteiger partial charge is 0.488 e. The third kappa shape index (κ3) is 7.61. The Morgan fingerprint density at radius 1 is 0.867 bits per heavy atom. The maximum absolute atomic E-state index is 14.6. The molecule has 3 aliphatic rings. The van der Waals surface area contributed by atoms with Gasteiger partial charge >= 0.3 is 14.2 Å². The Bertz CT molecular complexity index is 2430. The van der Waals surface area contributed by atoms with Gasteiger partial charge < -0.3 is 29.3 Å². The molecule has 2 fully saturated rings. The number of allylic oxidation sites excluding steroid dienone is 1. The number of amides is 2. The van der Waals surface area contributed by atoms with E-state index in [2.05, 4.69) is 58.0 Å². The number of fused-ring (bicyclic) bond motifs is 4. The first-order valence-electron chi connectivity index (χ1n) is 20.8. The zero-order valence-corrected chi connectivity index (χ0v) is 35.5. The maximum Gasteiger partial charge on any atom is 0.488 e. The second-order valence-corrected chi connectivity index (χ2v) is 21.8. The predicted octanol–water partition coefficient (Wildman–Crippen LogP) is 5.99. The Hall–Kier alpha value is -5.07. The van der Waals surface area contributed by atoms with Crippen molar-refractivity contribution in [2.24, 2.45) is 17.8 Å². The highest BCUT2D eigenvalue weighted by molar-refractivity contribution is 6.99. The molecule has 60 heavy (non-hydrogen) atoms. The van der Waals surface area contributed by atoms with Crippen LogP contribution in [-0.4, -0.2) is 67.3 Å². The lowest BCUT2D eigenvalue weighted by Crippen LogP contribution is -2.66. The molecule has 306 valence electrons. The van der Waals surface area contributed by atoms with Crippen LogP contribution in [0.3, 0.4) is 0 Å². The quantitative estimate of drug-likeness (QED) is 0.0726. The second kappa shape index (κ2) is 16.8. The number of hydrogen-bond acceptors (Lipinski definition) is 8. The molecule has 2 aliphatic heterocycles. The summed E-state index contributed by atoms with van der Waals surface area (Å²) in [7, 11) is -5.96. The largest absolute Gasteiger partial charge is 0.507 e. The van der Waals surface area contributed by atoms with Crippen molar-refractivity contribution < 1.29 is 38.8 Å². The topological polar surface area (TPSA) is 137 Å². The molecule has 2 saturated heterocycles. The minimum absolute atomic E-state index is 0.145. The number of rotatable bonds is 11. The summed E-state index contributed by atoms with van der Waals surface area (Å²) >= 11 is 0. The normalized spacial score (nSPS) is 21.1. The van der Waals surface area contributed by atoms with Crippen LogP contribution < -0.4 is 20.7 Å². The van der Waals surface area contributed by atoms with Crippen LogP contribution in [0, 0.1) is 17.8 Å². The van der Waals surface area contributed by atoms with E-state index in [0.717, 1.165) is 43.4 Å². The summed E-state index contributed by atoms with van der Waals surface area (Å²) < 4.78 is 13.9. The Balaban J connectivity index is 1.20. The summed E-state index contributed by atoms with van der Waals surface area (Å²) in [5.41, 5.74) is 4.35. The van der Waals surface area contributed by atoms with Gasteiger partial charge in [0.1, 0.15) is 5.75 Å². The minimum Gasteiger partial charge on any atom is -0.507 e. The first-order valence-corrected chi connectivity index (χ1v) is 22.7. The molecule has 4 N–H and O–H groups in total. The maximum atomic E-state index is 14.6. The highest BCUT2D eigenvalue weighted by Gasteiger charge is 2.58. The summed E-state index contributed by atoms with van der Waals surface area (Å²) in [6.07, 6.45) is 3.13. The number of imide groups is 1.